The summed E-state index contributed by atoms with van der Waals surface area (Å²) in [5.74, 6) is 1.17. The molecule has 0 aliphatic carbocycles. The fourth-order valence-electron chi connectivity index (χ4n) is 2.70. The molecule has 1 saturated heterocycles. The number of rotatable bonds is 4. The van der Waals surface area contributed by atoms with Crippen LogP contribution in [0.3, 0.4) is 0 Å². The zero-order valence-electron chi connectivity index (χ0n) is 12.4. The van der Waals surface area contributed by atoms with Gasteiger partial charge in [-0.15, -0.1) is 0 Å². The first-order chi connectivity index (χ1) is 9.52. The number of nitrogens with zero attached hydrogens (tertiary/aromatic N) is 2. The van der Waals surface area contributed by atoms with Crippen LogP contribution >= 0.6 is 0 Å². The van der Waals surface area contributed by atoms with Crippen molar-refractivity contribution in [1.82, 2.24) is 9.88 Å². The molecule has 0 bridgehead atoms. The van der Waals surface area contributed by atoms with Crippen LogP contribution < -0.4 is 10.5 Å². The van der Waals surface area contributed by atoms with Gasteiger partial charge in [0.25, 0.3) is 0 Å². The Labute approximate surface area is 120 Å². The molecule has 110 valence electrons. The van der Waals surface area contributed by atoms with E-state index in [9.17, 15) is 4.79 Å². The molecule has 2 heterocycles. The lowest BCUT2D eigenvalue weighted by molar-refractivity contribution is -0.138. The van der Waals surface area contributed by atoms with E-state index < -0.39 is 0 Å². The molecule has 0 radical (unpaired) electrons. The molecule has 0 spiro atoms. The SMILES string of the molecule is COc1ccc(C2C(N)CCC(=O)N2CC(C)C)cn1. The second-order valence-electron chi connectivity index (χ2n) is 5.72. The largest absolute Gasteiger partial charge is 0.481 e. The first-order valence-electron chi connectivity index (χ1n) is 7.08. The molecule has 2 N–H and O–H groups in total. The lowest BCUT2D eigenvalue weighted by atomic mass is 9.90. The fraction of sp³-hybridized carbons (Fsp3) is 0.600. The van der Waals surface area contributed by atoms with Gasteiger partial charge in [0.15, 0.2) is 0 Å². The quantitative estimate of drug-likeness (QED) is 0.910. The Morgan fingerprint density at radius 3 is 2.80 bits per heavy atom. The van der Waals surface area contributed by atoms with Gasteiger partial charge in [-0.2, -0.15) is 0 Å². The van der Waals surface area contributed by atoms with Crippen LogP contribution in [0.4, 0.5) is 0 Å². The number of methoxy groups -OCH3 is 1. The fourth-order valence-corrected chi connectivity index (χ4v) is 2.70. The van der Waals surface area contributed by atoms with Gasteiger partial charge < -0.3 is 15.4 Å². The average molecular weight is 277 g/mol. The van der Waals surface area contributed by atoms with Gasteiger partial charge in [-0.05, 0) is 24.0 Å². The maximum absolute atomic E-state index is 12.2. The number of ether oxygens (including phenoxy) is 1. The van der Waals surface area contributed by atoms with E-state index in [2.05, 4.69) is 18.8 Å². The number of pyridine rings is 1. The number of hydrogen-bond donors (Lipinski definition) is 1. The van der Waals surface area contributed by atoms with Crippen molar-refractivity contribution in [3.8, 4) is 5.88 Å². The summed E-state index contributed by atoms with van der Waals surface area (Å²) in [5.41, 5.74) is 7.24. The molecule has 1 aromatic heterocycles. The summed E-state index contributed by atoms with van der Waals surface area (Å²) >= 11 is 0. The van der Waals surface area contributed by atoms with Crippen molar-refractivity contribution < 1.29 is 9.53 Å². The van der Waals surface area contributed by atoms with E-state index in [1.54, 1.807) is 13.3 Å². The summed E-state index contributed by atoms with van der Waals surface area (Å²) in [6.07, 6.45) is 3.02. The van der Waals surface area contributed by atoms with E-state index in [0.717, 1.165) is 18.5 Å². The zero-order valence-corrected chi connectivity index (χ0v) is 12.4. The Kier molecular flexibility index (Phi) is 4.60. The maximum atomic E-state index is 12.2. The molecule has 2 rings (SSSR count). The number of carbonyl (C=O) groups excluding carboxylic acids is 1. The van der Waals surface area contributed by atoms with Gasteiger partial charge in [-0.1, -0.05) is 13.8 Å². The first kappa shape index (κ1) is 14.8. The van der Waals surface area contributed by atoms with Gasteiger partial charge in [0, 0.05) is 31.3 Å². The number of nitrogens with two attached hydrogens (primary N) is 1. The zero-order chi connectivity index (χ0) is 14.7. The van der Waals surface area contributed by atoms with Crippen molar-refractivity contribution >= 4 is 5.91 Å². The van der Waals surface area contributed by atoms with Crippen LogP contribution in [0.1, 0.15) is 38.3 Å². The van der Waals surface area contributed by atoms with Gasteiger partial charge in [-0.3, -0.25) is 4.79 Å². The Morgan fingerprint density at radius 1 is 1.50 bits per heavy atom. The van der Waals surface area contributed by atoms with Gasteiger partial charge in [-0.25, -0.2) is 4.98 Å². The standard InChI is InChI=1S/C15H23N3O2/c1-10(2)9-18-14(19)7-5-12(16)15(18)11-4-6-13(20-3)17-8-11/h4,6,8,10,12,15H,5,7,9,16H2,1-3H3. The molecule has 1 fully saturated rings. The van der Waals surface area contributed by atoms with E-state index in [0.29, 0.717) is 18.2 Å². The molecular formula is C15H23N3O2. The number of carbonyl (C=O) groups is 1. The number of piperidine rings is 1. The van der Waals surface area contributed by atoms with Crippen molar-refractivity contribution in [1.29, 1.82) is 0 Å². The highest BCUT2D eigenvalue weighted by Crippen LogP contribution is 2.31. The molecule has 5 heteroatoms. The van der Waals surface area contributed by atoms with Crippen LogP contribution in [0.5, 0.6) is 5.88 Å². The van der Waals surface area contributed by atoms with Crippen LogP contribution in [-0.4, -0.2) is 35.5 Å². The summed E-state index contributed by atoms with van der Waals surface area (Å²) < 4.78 is 5.07. The topological polar surface area (TPSA) is 68.5 Å². The van der Waals surface area contributed by atoms with Crippen molar-refractivity contribution in [2.24, 2.45) is 11.7 Å². The predicted octanol–water partition coefficient (Wildman–Crippen LogP) is 1.74. The number of likely N-dealkylation sites (tertiary alicyclic amines) is 1. The molecule has 0 aromatic carbocycles. The monoisotopic (exact) mass is 277 g/mol. The number of aromatic nitrogens is 1. The van der Waals surface area contributed by atoms with Crippen LogP contribution in [0.25, 0.3) is 0 Å². The Bertz CT molecular complexity index is 459. The van der Waals surface area contributed by atoms with Crippen LogP contribution in [0.15, 0.2) is 18.3 Å². The number of amides is 1. The molecule has 5 nitrogen and oxygen atoms in total. The van der Waals surface area contributed by atoms with E-state index in [1.165, 1.54) is 0 Å². The van der Waals surface area contributed by atoms with Crippen molar-refractivity contribution in [2.75, 3.05) is 13.7 Å². The Hall–Kier alpha value is -1.62. The third-order valence-corrected chi connectivity index (χ3v) is 3.62. The van der Waals surface area contributed by atoms with Crippen LogP contribution in [-0.2, 0) is 4.79 Å². The van der Waals surface area contributed by atoms with Crippen molar-refractivity contribution in [2.45, 2.75) is 38.8 Å². The Morgan fingerprint density at radius 2 is 2.25 bits per heavy atom. The van der Waals surface area contributed by atoms with E-state index >= 15 is 0 Å². The van der Waals surface area contributed by atoms with E-state index in [-0.39, 0.29) is 18.0 Å². The summed E-state index contributed by atoms with van der Waals surface area (Å²) in [4.78, 5) is 18.3. The first-order valence-corrected chi connectivity index (χ1v) is 7.08. The third kappa shape index (κ3) is 3.10. The lowest BCUT2D eigenvalue weighted by Gasteiger charge is -2.40. The van der Waals surface area contributed by atoms with Crippen molar-refractivity contribution in [3.63, 3.8) is 0 Å². The third-order valence-electron chi connectivity index (χ3n) is 3.62. The highest BCUT2D eigenvalue weighted by molar-refractivity contribution is 5.78. The highest BCUT2D eigenvalue weighted by atomic mass is 16.5. The van der Waals surface area contributed by atoms with E-state index in [4.69, 9.17) is 10.5 Å². The molecule has 1 aliphatic rings. The van der Waals surface area contributed by atoms with Crippen LogP contribution in [0, 0.1) is 5.92 Å². The second-order valence-corrected chi connectivity index (χ2v) is 5.72. The normalized spacial score (nSPS) is 23.2. The minimum absolute atomic E-state index is 0.0401. The molecule has 20 heavy (non-hydrogen) atoms. The summed E-state index contributed by atoms with van der Waals surface area (Å²) in [5, 5.41) is 0. The van der Waals surface area contributed by atoms with Gasteiger partial charge >= 0.3 is 0 Å². The summed E-state index contributed by atoms with van der Waals surface area (Å²) in [6, 6.07) is 3.63. The molecular weight excluding hydrogens is 254 g/mol. The second kappa shape index (κ2) is 6.22. The van der Waals surface area contributed by atoms with Crippen LogP contribution in [0.2, 0.25) is 0 Å². The van der Waals surface area contributed by atoms with Gasteiger partial charge in [0.05, 0.1) is 13.2 Å². The van der Waals surface area contributed by atoms with Gasteiger partial charge in [0.1, 0.15) is 0 Å². The molecule has 2 atom stereocenters. The minimum atomic E-state index is -0.0861. The summed E-state index contributed by atoms with van der Waals surface area (Å²) in [6.45, 7) is 4.94. The maximum Gasteiger partial charge on any atom is 0.223 e. The molecule has 1 aromatic rings. The summed E-state index contributed by atoms with van der Waals surface area (Å²) in [7, 11) is 1.59. The Balaban J connectivity index is 2.28. The van der Waals surface area contributed by atoms with Crippen molar-refractivity contribution in [3.05, 3.63) is 23.9 Å². The molecule has 2 unspecified atom stereocenters. The minimum Gasteiger partial charge on any atom is -0.481 e. The molecule has 1 amide bonds. The molecule has 0 saturated carbocycles. The average Bonchev–Trinajstić information content (AvgIpc) is 2.43. The molecule has 1 aliphatic heterocycles. The lowest BCUT2D eigenvalue weighted by Crippen LogP contribution is -2.50. The smallest absolute Gasteiger partial charge is 0.223 e. The number of hydrogen-bond acceptors (Lipinski definition) is 4. The van der Waals surface area contributed by atoms with E-state index in [1.807, 2.05) is 17.0 Å². The van der Waals surface area contributed by atoms with Gasteiger partial charge in [0.2, 0.25) is 11.8 Å². The predicted molar refractivity (Wildman–Crippen MR) is 77.3 cm³/mol. The highest BCUT2D eigenvalue weighted by Gasteiger charge is 2.35.